The fourth-order valence-electron chi connectivity index (χ4n) is 2.95. The summed E-state index contributed by atoms with van der Waals surface area (Å²) in [6.45, 7) is 2.20. The molecule has 1 aromatic heterocycles. The minimum Gasteiger partial charge on any atom is -0.497 e. The molecule has 2 nitrogen and oxygen atoms in total. The molecule has 120 valence electrons. The van der Waals surface area contributed by atoms with Crippen molar-refractivity contribution in [3.05, 3.63) is 95.8 Å². The van der Waals surface area contributed by atoms with E-state index < -0.39 is 0 Å². The van der Waals surface area contributed by atoms with Gasteiger partial charge in [-0.15, -0.1) is 0 Å². The Bertz CT molecular complexity index is 806. The number of allylic oxidation sites excluding steroid dienone is 1. The van der Waals surface area contributed by atoms with Crippen LogP contribution in [0.5, 0.6) is 5.75 Å². The van der Waals surface area contributed by atoms with Crippen LogP contribution in [0.4, 0.5) is 0 Å². The SMILES string of the molecule is CC/C(=C(/c1ccc(OC)cc1)c1cccnc1)c1ccccc1. The first-order valence-corrected chi connectivity index (χ1v) is 8.17. The zero-order chi connectivity index (χ0) is 16.8. The summed E-state index contributed by atoms with van der Waals surface area (Å²) in [5.41, 5.74) is 6.08. The first-order valence-electron chi connectivity index (χ1n) is 8.17. The summed E-state index contributed by atoms with van der Waals surface area (Å²) >= 11 is 0. The van der Waals surface area contributed by atoms with Crippen molar-refractivity contribution in [3.63, 3.8) is 0 Å². The topological polar surface area (TPSA) is 22.1 Å². The molecule has 0 bridgehead atoms. The molecule has 0 saturated carbocycles. The highest BCUT2D eigenvalue weighted by molar-refractivity contribution is 5.98. The maximum atomic E-state index is 5.30. The maximum absolute atomic E-state index is 5.30. The van der Waals surface area contributed by atoms with Gasteiger partial charge in [0.1, 0.15) is 5.75 Å². The molecule has 3 rings (SSSR count). The van der Waals surface area contributed by atoms with Gasteiger partial charge in [0.05, 0.1) is 7.11 Å². The maximum Gasteiger partial charge on any atom is 0.118 e. The monoisotopic (exact) mass is 315 g/mol. The van der Waals surface area contributed by atoms with Gasteiger partial charge in [0.2, 0.25) is 0 Å². The molecule has 1 heterocycles. The number of aromatic nitrogens is 1. The van der Waals surface area contributed by atoms with Gasteiger partial charge < -0.3 is 4.74 Å². The van der Waals surface area contributed by atoms with Crippen molar-refractivity contribution >= 4 is 11.1 Å². The number of pyridine rings is 1. The van der Waals surface area contributed by atoms with Gasteiger partial charge in [-0.3, -0.25) is 4.98 Å². The first kappa shape index (κ1) is 16.0. The number of rotatable bonds is 5. The van der Waals surface area contributed by atoms with Gasteiger partial charge in [0, 0.05) is 18.0 Å². The van der Waals surface area contributed by atoms with Gasteiger partial charge in [0.25, 0.3) is 0 Å². The standard InChI is InChI=1S/C22H21NO/c1-3-21(17-8-5-4-6-9-17)22(19-10-7-15-23-16-19)18-11-13-20(24-2)14-12-18/h4-16H,3H2,1-2H3/b22-21+. The highest BCUT2D eigenvalue weighted by Gasteiger charge is 2.13. The van der Waals surface area contributed by atoms with Crippen LogP contribution in [0.25, 0.3) is 11.1 Å². The lowest BCUT2D eigenvalue weighted by Gasteiger charge is -2.16. The van der Waals surface area contributed by atoms with Crippen LogP contribution in [0.15, 0.2) is 79.1 Å². The second kappa shape index (κ2) is 7.60. The van der Waals surface area contributed by atoms with Crippen LogP contribution < -0.4 is 4.74 Å². The summed E-state index contributed by atoms with van der Waals surface area (Å²) in [5.74, 6) is 0.863. The minimum absolute atomic E-state index is 0.863. The third-order valence-corrected chi connectivity index (χ3v) is 4.11. The van der Waals surface area contributed by atoms with Crippen molar-refractivity contribution in [2.75, 3.05) is 7.11 Å². The fourth-order valence-corrected chi connectivity index (χ4v) is 2.95. The van der Waals surface area contributed by atoms with E-state index in [1.165, 1.54) is 22.3 Å². The lowest BCUT2D eigenvalue weighted by molar-refractivity contribution is 0.415. The third-order valence-electron chi connectivity index (χ3n) is 4.11. The van der Waals surface area contributed by atoms with E-state index in [-0.39, 0.29) is 0 Å². The molecule has 0 N–H and O–H groups in total. The Labute approximate surface area is 143 Å². The highest BCUT2D eigenvalue weighted by Crippen LogP contribution is 2.34. The number of ether oxygens (including phenoxy) is 1. The van der Waals surface area contributed by atoms with Crippen molar-refractivity contribution in [2.24, 2.45) is 0 Å². The van der Waals surface area contributed by atoms with E-state index in [4.69, 9.17) is 4.74 Å². The Morgan fingerprint density at radius 1 is 0.833 bits per heavy atom. The Morgan fingerprint density at radius 3 is 2.12 bits per heavy atom. The molecule has 0 aliphatic carbocycles. The number of nitrogens with zero attached hydrogens (tertiary/aromatic N) is 1. The molecule has 0 amide bonds. The van der Waals surface area contributed by atoms with Crippen LogP contribution in [0.3, 0.4) is 0 Å². The molecule has 24 heavy (non-hydrogen) atoms. The van der Waals surface area contributed by atoms with E-state index in [0.717, 1.165) is 17.7 Å². The van der Waals surface area contributed by atoms with Gasteiger partial charge in [-0.2, -0.15) is 0 Å². The zero-order valence-corrected chi connectivity index (χ0v) is 14.1. The van der Waals surface area contributed by atoms with E-state index in [1.54, 1.807) is 7.11 Å². The van der Waals surface area contributed by atoms with E-state index >= 15 is 0 Å². The second-order valence-electron chi connectivity index (χ2n) is 5.54. The predicted octanol–water partition coefficient (Wildman–Crippen LogP) is 5.46. The van der Waals surface area contributed by atoms with E-state index in [2.05, 4.69) is 54.4 Å². The van der Waals surface area contributed by atoms with Crippen LogP contribution in [0, 0.1) is 0 Å². The first-order chi connectivity index (χ1) is 11.8. The summed E-state index contributed by atoms with van der Waals surface area (Å²) in [6, 6.07) is 22.9. The largest absolute Gasteiger partial charge is 0.497 e. The molecule has 3 aromatic rings. The van der Waals surface area contributed by atoms with Crippen molar-refractivity contribution in [3.8, 4) is 5.75 Å². The van der Waals surface area contributed by atoms with E-state index in [9.17, 15) is 0 Å². The molecule has 0 fully saturated rings. The molecule has 0 spiro atoms. The fraction of sp³-hybridized carbons (Fsp3) is 0.136. The van der Waals surface area contributed by atoms with Crippen LogP contribution in [0.1, 0.15) is 30.0 Å². The lowest BCUT2D eigenvalue weighted by atomic mass is 9.89. The molecule has 0 aliphatic heterocycles. The average Bonchev–Trinajstić information content (AvgIpc) is 2.67. The van der Waals surface area contributed by atoms with Crippen LogP contribution in [-0.2, 0) is 0 Å². The number of methoxy groups -OCH3 is 1. The lowest BCUT2D eigenvalue weighted by Crippen LogP contribution is -1.95. The van der Waals surface area contributed by atoms with Crippen molar-refractivity contribution in [1.29, 1.82) is 0 Å². The van der Waals surface area contributed by atoms with Crippen molar-refractivity contribution in [2.45, 2.75) is 13.3 Å². The van der Waals surface area contributed by atoms with Gasteiger partial charge in [-0.25, -0.2) is 0 Å². The normalized spacial score (nSPS) is 11.8. The van der Waals surface area contributed by atoms with Gasteiger partial charge in [0.15, 0.2) is 0 Å². The number of benzene rings is 2. The van der Waals surface area contributed by atoms with Crippen molar-refractivity contribution in [1.82, 2.24) is 4.98 Å². The predicted molar refractivity (Wildman–Crippen MR) is 99.9 cm³/mol. The second-order valence-corrected chi connectivity index (χ2v) is 5.54. The highest BCUT2D eigenvalue weighted by atomic mass is 16.5. The van der Waals surface area contributed by atoms with Crippen LogP contribution >= 0.6 is 0 Å². The molecule has 0 atom stereocenters. The van der Waals surface area contributed by atoms with Gasteiger partial charge in [-0.1, -0.05) is 55.5 Å². The molecular weight excluding hydrogens is 294 g/mol. The zero-order valence-electron chi connectivity index (χ0n) is 14.1. The quantitative estimate of drug-likeness (QED) is 0.583. The Morgan fingerprint density at radius 2 is 1.54 bits per heavy atom. The summed E-state index contributed by atoms with van der Waals surface area (Å²) in [7, 11) is 1.69. The Balaban J connectivity index is 2.23. The third kappa shape index (κ3) is 3.38. The Hall–Kier alpha value is -2.87. The summed E-state index contributed by atoms with van der Waals surface area (Å²) in [6.07, 6.45) is 4.68. The summed E-state index contributed by atoms with van der Waals surface area (Å²) in [5, 5.41) is 0. The molecular formula is C22H21NO. The number of hydrogen-bond donors (Lipinski definition) is 0. The number of hydrogen-bond acceptors (Lipinski definition) is 2. The van der Waals surface area contributed by atoms with Crippen LogP contribution in [0.2, 0.25) is 0 Å². The van der Waals surface area contributed by atoms with Gasteiger partial charge >= 0.3 is 0 Å². The van der Waals surface area contributed by atoms with Crippen molar-refractivity contribution < 1.29 is 4.74 Å². The summed E-state index contributed by atoms with van der Waals surface area (Å²) in [4.78, 5) is 4.32. The van der Waals surface area contributed by atoms with Crippen LogP contribution in [-0.4, -0.2) is 12.1 Å². The van der Waals surface area contributed by atoms with Gasteiger partial charge in [-0.05, 0) is 46.9 Å². The smallest absolute Gasteiger partial charge is 0.118 e. The minimum atomic E-state index is 0.863. The van der Waals surface area contributed by atoms with E-state index in [0.29, 0.717) is 0 Å². The van der Waals surface area contributed by atoms with E-state index in [1.807, 2.05) is 36.7 Å². The summed E-state index contributed by atoms with van der Waals surface area (Å²) < 4.78 is 5.30. The molecule has 0 saturated heterocycles. The molecule has 0 unspecified atom stereocenters. The molecule has 2 aromatic carbocycles. The molecule has 2 heteroatoms. The molecule has 0 aliphatic rings. The average molecular weight is 315 g/mol. The Kier molecular flexibility index (Phi) is 5.07. The molecule has 0 radical (unpaired) electrons.